The number of pyridine rings is 1. The molecule has 1 fully saturated rings. The van der Waals surface area contributed by atoms with Gasteiger partial charge in [-0.3, -0.25) is 4.98 Å². The molecule has 0 unspecified atom stereocenters. The summed E-state index contributed by atoms with van der Waals surface area (Å²) >= 11 is 0. The average molecular weight is 315 g/mol. The van der Waals surface area contributed by atoms with Gasteiger partial charge in [0.05, 0.1) is 18.1 Å². The lowest BCUT2D eigenvalue weighted by atomic mass is 10.1. The number of rotatable bonds is 3. The van der Waals surface area contributed by atoms with Crippen molar-refractivity contribution in [3.05, 3.63) is 61.2 Å². The number of aromatic nitrogens is 3. The summed E-state index contributed by atoms with van der Waals surface area (Å²) in [6.45, 7) is 1.57. The van der Waals surface area contributed by atoms with Crippen molar-refractivity contribution in [1.82, 2.24) is 19.4 Å². The van der Waals surface area contributed by atoms with Crippen LogP contribution in [0.4, 0.5) is 0 Å². The molecular weight excluding hydrogens is 298 g/mol. The van der Waals surface area contributed by atoms with Crippen LogP contribution in [0.2, 0.25) is 0 Å². The van der Waals surface area contributed by atoms with Gasteiger partial charge in [-0.25, -0.2) is 4.98 Å². The maximum Gasteiger partial charge on any atom is 0.179 e. The SMILES string of the molecule is N#CN1CC[C@@H](n2cnc(-c3cc(-c4ccccc4)ccn3)c2)C1. The van der Waals surface area contributed by atoms with Gasteiger partial charge in [0.15, 0.2) is 6.19 Å². The largest absolute Gasteiger partial charge is 0.332 e. The molecule has 2 aromatic heterocycles. The molecule has 24 heavy (non-hydrogen) atoms. The fourth-order valence-electron chi connectivity index (χ4n) is 3.13. The number of nitriles is 1. The molecular formula is C19H17N5. The van der Waals surface area contributed by atoms with Crippen LogP contribution in [0.1, 0.15) is 12.5 Å². The molecule has 1 saturated heterocycles. The fraction of sp³-hybridized carbons (Fsp3) is 0.211. The van der Waals surface area contributed by atoms with Gasteiger partial charge < -0.3 is 9.47 Å². The van der Waals surface area contributed by atoms with Crippen LogP contribution in [-0.2, 0) is 0 Å². The van der Waals surface area contributed by atoms with E-state index in [0.717, 1.165) is 36.5 Å². The minimum absolute atomic E-state index is 0.309. The molecule has 1 aliphatic rings. The Kier molecular flexibility index (Phi) is 3.72. The molecule has 5 heteroatoms. The highest BCUT2D eigenvalue weighted by Crippen LogP contribution is 2.26. The second-order valence-corrected chi connectivity index (χ2v) is 5.99. The highest BCUT2D eigenvalue weighted by Gasteiger charge is 2.23. The third-order valence-corrected chi connectivity index (χ3v) is 4.46. The first kappa shape index (κ1) is 14.5. The summed E-state index contributed by atoms with van der Waals surface area (Å²) in [5, 5.41) is 8.99. The first-order valence-electron chi connectivity index (χ1n) is 8.03. The third-order valence-electron chi connectivity index (χ3n) is 4.46. The Morgan fingerprint density at radius 1 is 1.04 bits per heavy atom. The predicted octanol–water partition coefficient (Wildman–Crippen LogP) is 3.34. The van der Waals surface area contributed by atoms with Crippen molar-refractivity contribution in [1.29, 1.82) is 5.26 Å². The molecule has 0 aliphatic carbocycles. The monoisotopic (exact) mass is 315 g/mol. The zero-order chi connectivity index (χ0) is 16.4. The van der Waals surface area contributed by atoms with Crippen LogP contribution in [0, 0.1) is 11.5 Å². The van der Waals surface area contributed by atoms with Crippen molar-refractivity contribution < 1.29 is 0 Å². The number of likely N-dealkylation sites (tertiary alicyclic amines) is 1. The lowest BCUT2D eigenvalue weighted by Crippen LogP contribution is -2.15. The van der Waals surface area contributed by atoms with Gasteiger partial charge in [0.2, 0.25) is 0 Å². The van der Waals surface area contributed by atoms with Crippen LogP contribution in [0.25, 0.3) is 22.5 Å². The van der Waals surface area contributed by atoms with Crippen LogP contribution < -0.4 is 0 Å². The first-order chi connectivity index (χ1) is 11.8. The number of imidazole rings is 1. The molecule has 0 radical (unpaired) electrons. The Hall–Kier alpha value is -3.13. The van der Waals surface area contributed by atoms with Gasteiger partial charge in [-0.2, -0.15) is 5.26 Å². The molecule has 3 aromatic rings. The van der Waals surface area contributed by atoms with E-state index in [1.807, 2.05) is 43.0 Å². The lowest BCUT2D eigenvalue weighted by Gasteiger charge is -2.10. The van der Waals surface area contributed by atoms with Crippen LogP contribution in [0.15, 0.2) is 61.2 Å². The minimum atomic E-state index is 0.309. The third kappa shape index (κ3) is 2.74. The summed E-state index contributed by atoms with van der Waals surface area (Å²) in [6, 6.07) is 14.6. The molecule has 4 rings (SSSR count). The van der Waals surface area contributed by atoms with E-state index in [-0.39, 0.29) is 0 Å². The van der Waals surface area contributed by atoms with Crippen LogP contribution in [0.3, 0.4) is 0 Å². The Balaban J connectivity index is 1.60. The maximum absolute atomic E-state index is 8.99. The maximum atomic E-state index is 8.99. The predicted molar refractivity (Wildman–Crippen MR) is 91.7 cm³/mol. The van der Waals surface area contributed by atoms with Gasteiger partial charge in [-0.05, 0) is 29.7 Å². The molecule has 1 aromatic carbocycles. The number of hydrogen-bond donors (Lipinski definition) is 0. The zero-order valence-corrected chi connectivity index (χ0v) is 13.2. The smallest absolute Gasteiger partial charge is 0.179 e. The second kappa shape index (κ2) is 6.17. The molecule has 5 nitrogen and oxygen atoms in total. The minimum Gasteiger partial charge on any atom is -0.332 e. The van der Waals surface area contributed by atoms with E-state index in [4.69, 9.17) is 5.26 Å². The number of hydrogen-bond acceptors (Lipinski definition) is 4. The van der Waals surface area contributed by atoms with E-state index < -0.39 is 0 Å². The Labute approximate surface area is 140 Å². The average Bonchev–Trinajstić information content (AvgIpc) is 3.32. The summed E-state index contributed by atoms with van der Waals surface area (Å²) in [6.07, 6.45) is 8.89. The van der Waals surface area contributed by atoms with Crippen molar-refractivity contribution in [3.8, 4) is 28.7 Å². The Morgan fingerprint density at radius 2 is 1.92 bits per heavy atom. The van der Waals surface area contributed by atoms with Crippen molar-refractivity contribution in [2.45, 2.75) is 12.5 Å². The number of nitrogens with zero attached hydrogens (tertiary/aromatic N) is 5. The van der Waals surface area contributed by atoms with E-state index in [2.05, 4.69) is 38.9 Å². The van der Waals surface area contributed by atoms with Gasteiger partial charge >= 0.3 is 0 Å². The molecule has 118 valence electrons. The lowest BCUT2D eigenvalue weighted by molar-refractivity contribution is 0.447. The van der Waals surface area contributed by atoms with Crippen LogP contribution >= 0.6 is 0 Å². The van der Waals surface area contributed by atoms with E-state index in [1.165, 1.54) is 5.56 Å². The summed E-state index contributed by atoms with van der Waals surface area (Å²) in [5.74, 6) is 0. The van der Waals surface area contributed by atoms with Gasteiger partial charge in [-0.15, -0.1) is 0 Å². The molecule has 3 heterocycles. The highest BCUT2D eigenvalue weighted by atomic mass is 15.2. The molecule has 0 N–H and O–H groups in total. The Bertz CT molecular complexity index is 878. The van der Waals surface area contributed by atoms with Crippen molar-refractivity contribution in [2.24, 2.45) is 0 Å². The summed E-state index contributed by atoms with van der Waals surface area (Å²) in [7, 11) is 0. The standard InChI is InChI=1S/C19H17N5/c20-13-23-9-7-17(11-23)24-12-19(22-14-24)18-10-16(6-8-21-18)15-4-2-1-3-5-15/h1-6,8,10,12,14,17H,7,9,11H2/t17-/m1/s1. The second-order valence-electron chi connectivity index (χ2n) is 5.99. The highest BCUT2D eigenvalue weighted by molar-refractivity contribution is 5.68. The molecule has 0 amide bonds. The van der Waals surface area contributed by atoms with Gasteiger partial charge in [0.1, 0.15) is 5.69 Å². The number of benzene rings is 1. The van der Waals surface area contributed by atoms with E-state index >= 15 is 0 Å². The van der Waals surface area contributed by atoms with Crippen LogP contribution in [-0.4, -0.2) is 32.5 Å². The zero-order valence-electron chi connectivity index (χ0n) is 13.2. The molecule has 0 bridgehead atoms. The van der Waals surface area contributed by atoms with E-state index in [9.17, 15) is 0 Å². The molecule has 0 spiro atoms. The summed E-state index contributed by atoms with van der Waals surface area (Å²) in [5.41, 5.74) is 4.03. The van der Waals surface area contributed by atoms with Crippen LogP contribution in [0.5, 0.6) is 0 Å². The molecule has 1 aliphatic heterocycles. The molecule has 1 atom stereocenters. The topological polar surface area (TPSA) is 57.7 Å². The molecule has 0 saturated carbocycles. The van der Waals surface area contributed by atoms with Gasteiger partial charge in [-0.1, -0.05) is 30.3 Å². The quantitative estimate of drug-likeness (QED) is 0.696. The van der Waals surface area contributed by atoms with Crippen molar-refractivity contribution in [2.75, 3.05) is 13.1 Å². The van der Waals surface area contributed by atoms with Crippen molar-refractivity contribution in [3.63, 3.8) is 0 Å². The summed E-state index contributed by atoms with van der Waals surface area (Å²) < 4.78 is 2.10. The Morgan fingerprint density at radius 3 is 2.71 bits per heavy atom. The van der Waals surface area contributed by atoms with Gasteiger partial charge in [0.25, 0.3) is 0 Å². The van der Waals surface area contributed by atoms with E-state index in [0.29, 0.717) is 6.04 Å². The van der Waals surface area contributed by atoms with Gasteiger partial charge in [0, 0.05) is 25.5 Å². The first-order valence-corrected chi connectivity index (χ1v) is 8.03. The van der Waals surface area contributed by atoms with Crippen molar-refractivity contribution >= 4 is 0 Å². The summed E-state index contributed by atoms with van der Waals surface area (Å²) in [4.78, 5) is 10.8. The van der Waals surface area contributed by atoms with E-state index in [1.54, 1.807) is 4.90 Å². The normalized spacial score (nSPS) is 17.0. The fourth-order valence-corrected chi connectivity index (χ4v) is 3.13.